The number of carboxylic acids is 1. The monoisotopic (exact) mass is 160 g/mol. The summed E-state index contributed by atoms with van der Waals surface area (Å²) in [7, 11) is 0. The van der Waals surface area contributed by atoms with Crippen LogP contribution in [0.3, 0.4) is 0 Å². The summed E-state index contributed by atoms with van der Waals surface area (Å²) in [5, 5.41) is 8.61. The Morgan fingerprint density at radius 3 is 2.36 bits per heavy atom. The SMILES string of the molecule is CC1(C(=O)O)COC(=O)OC1. The van der Waals surface area contributed by atoms with Crippen LogP contribution < -0.4 is 0 Å². The fourth-order valence-corrected chi connectivity index (χ4v) is 0.643. The van der Waals surface area contributed by atoms with Gasteiger partial charge < -0.3 is 14.6 Å². The fourth-order valence-electron chi connectivity index (χ4n) is 0.643. The lowest BCUT2D eigenvalue weighted by molar-refractivity contribution is -0.159. The molecule has 1 N–H and O–H groups in total. The second kappa shape index (κ2) is 2.41. The first kappa shape index (κ1) is 7.84. The molecule has 0 amide bonds. The Hall–Kier alpha value is -1.26. The van der Waals surface area contributed by atoms with Gasteiger partial charge >= 0.3 is 12.1 Å². The lowest BCUT2D eigenvalue weighted by atomic mass is 9.93. The molecule has 1 heterocycles. The molecule has 1 saturated heterocycles. The van der Waals surface area contributed by atoms with E-state index in [0.717, 1.165) is 0 Å². The summed E-state index contributed by atoms with van der Waals surface area (Å²) in [4.78, 5) is 20.8. The number of cyclic esters (lactones) is 2. The number of carbonyl (C=O) groups excluding carboxylic acids is 1. The molecule has 1 rings (SSSR count). The van der Waals surface area contributed by atoms with E-state index in [1.165, 1.54) is 6.92 Å². The predicted molar refractivity (Wildman–Crippen MR) is 33.0 cm³/mol. The summed E-state index contributed by atoms with van der Waals surface area (Å²) in [6, 6.07) is 0. The number of hydrogen-bond donors (Lipinski definition) is 1. The van der Waals surface area contributed by atoms with Crippen LogP contribution >= 0.6 is 0 Å². The van der Waals surface area contributed by atoms with Crippen LogP contribution in [0.5, 0.6) is 0 Å². The van der Waals surface area contributed by atoms with Crippen LogP contribution in [0.15, 0.2) is 0 Å². The highest BCUT2D eigenvalue weighted by atomic mass is 16.7. The van der Waals surface area contributed by atoms with E-state index in [4.69, 9.17) is 5.11 Å². The van der Waals surface area contributed by atoms with E-state index in [0.29, 0.717) is 0 Å². The second-order valence-electron chi connectivity index (χ2n) is 2.69. The molecule has 0 aliphatic carbocycles. The fraction of sp³-hybridized carbons (Fsp3) is 0.667. The molecule has 0 aromatic rings. The average Bonchev–Trinajstić information content (AvgIpc) is 1.95. The minimum Gasteiger partial charge on any atom is -0.481 e. The smallest absolute Gasteiger partial charge is 0.481 e. The van der Waals surface area contributed by atoms with Crippen LogP contribution in [0.1, 0.15) is 6.92 Å². The summed E-state index contributed by atoms with van der Waals surface area (Å²) in [5.74, 6) is -1.02. The highest BCUT2D eigenvalue weighted by molar-refractivity contribution is 5.76. The number of carboxylic acid groups (broad SMARTS) is 1. The Balaban J connectivity index is 2.62. The van der Waals surface area contributed by atoms with Crippen molar-refractivity contribution in [2.75, 3.05) is 13.2 Å². The van der Waals surface area contributed by atoms with Crippen LogP contribution in [0.4, 0.5) is 4.79 Å². The number of ether oxygens (including phenoxy) is 2. The van der Waals surface area contributed by atoms with E-state index < -0.39 is 17.5 Å². The van der Waals surface area contributed by atoms with E-state index in [1.54, 1.807) is 0 Å². The van der Waals surface area contributed by atoms with Gasteiger partial charge in [0.05, 0.1) is 0 Å². The lowest BCUT2D eigenvalue weighted by Crippen LogP contribution is -2.42. The predicted octanol–water partition coefficient (Wildman–Crippen LogP) is 0.244. The topological polar surface area (TPSA) is 72.8 Å². The largest absolute Gasteiger partial charge is 0.508 e. The lowest BCUT2D eigenvalue weighted by Gasteiger charge is -2.27. The molecule has 0 aromatic carbocycles. The first-order valence-corrected chi connectivity index (χ1v) is 3.07. The third-order valence-corrected chi connectivity index (χ3v) is 1.53. The molecule has 0 atom stereocenters. The number of rotatable bonds is 1. The molecule has 1 aliphatic heterocycles. The van der Waals surface area contributed by atoms with Gasteiger partial charge in [-0.3, -0.25) is 4.79 Å². The third kappa shape index (κ3) is 1.42. The standard InChI is InChI=1S/C6H8O5/c1-6(4(7)8)2-10-5(9)11-3-6/h2-3H2,1H3,(H,7,8). The van der Waals surface area contributed by atoms with Crippen LogP contribution in [-0.2, 0) is 14.3 Å². The van der Waals surface area contributed by atoms with Crippen LogP contribution in [0.25, 0.3) is 0 Å². The third-order valence-electron chi connectivity index (χ3n) is 1.53. The average molecular weight is 160 g/mol. The quantitative estimate of drug-likeness (QED) is 0.556. The summed E-state index contributed by atoms with van der Waals surface area (Å²) in [6.07, 6.45) is -0.802. The van der Waals surface area contributed by atoms with E-state index in [-0.39, 0.29) is 13.2 Å². The molecule has 1 aliphatic rings. The van der Waals surface area contributed by atoms with E-state index in [1.807, 2.05) is 0 Å². The van der Waals surface area contributed by atoms with Crippen molar-refractivity contribution in [3.05, 3.63) is 0 Å². The minimum atomic E-state index is -1.09. The normalized spacial score (nSPS) is 21.7. The zero-order valence-electron chi connectivity index (χ0n) is 5.99. The molecule has 0 spiro atoms. The molecule has 5 heteroatoms. The van der Waals surface area contributed by atoms with E-state index in [9.17, 15) is 9.59 Å². The second-order valence-corrected chi connectivity index (χ2v) is 2.69. The van der Waals surface area contributed by atoms with Gasteiger partial charge in [0, 0.05) is 0 Å². The summed E-state index contributed by atoms with van der Waals surface area (Å²) >= 11 is 0. The molecular formula is C6H8O5. The first-order chi connectivity index (χ1) is 5.04. The number of hydrogen-bond acceptors (Lipinski definition) is 4. The van der Waals surface area contributed by atoms with Crippen molar-refractivity contribution in [3.8, 4) is 0 Å². The summed E-state index contributed by atoms with van der Waals surface area (Å²) in [5.41, 5.74) is -1.09. The summed E-state index contributed by atoms with van der Waals surface area (Å²) in [6.45, 7) is 1.21. The summed E-state index contributed by atoms with van der Waals surface area (Å²) < 4.78 is 8.83. The highest BCUT2D eigenvalue weighted by Gasteiger charge is 2.40. The Morgan fingerprint density at radius 1 is 1.55 bits per heavy atom. The maximum Gasteiger partial charge on any atom is 0.508 e. The van der Waals surface area contributed by atoms with Gasteiger partial charge in [-0.25, -0.2) is 4.79 Å². The van der Waals surface area contributed by atoms with Gasteiger partial charge in [-0.2, -0.15) is 0 Å². The molecule has 1 fully saturated rings. The van der Waals surface area contributed by atoms with Gasteiger partial charge in [-0.1, -0.05) is 0 Å². The number of carbonyl (C=O) groups is 2. The van der Waals surface area contributed by atoms with Crippen molar-refractivity contribution in [1.29, 1.82) is 0 Å². The molecule has 0 unspecified atom stereocenters. The zero-order chi connectivity index (χ0) is 8.48. The number of aliphatic carboxylic acids is 1. The van der Waals surface area contributed by atoms with Crippen molar-refractivity contribution in [1.82, 2.24) is 0 Å². The van der Waals surface area contributed by atoms with Crippen molar-refractivity contribution in [2.45, 2.75) is 6.92 Å². The Labute approximate surface area is 62.9 Å². The van der Waals surface area contributed by atoms with E-state index >= 15 is 0 Å². The van der Waals surface area contributed by atoms with E-state index in [2.05, 4.69) is 9.47 Å². The van der Waals surface area contributed by atoms with Crippen LogP contribution in [0, 0.1) is 5.41 Å². The van der Waals surface area contributed by atoms with Gasteiger partial charge in [0.15, 0.2) is 0 Å². The van der Waals surface area contributed by atoms with Crippen molar-refractivity contribution in [2.24, 2.45) is 5.41 Å². The Morgan fingerprint density at radius 2 is 2.00 bits per heavy atom. The minimum absolute atomic E-state index is 0.124. The maximum atomic E-state index is 10.5. The van der Waals surface area contributed by atoms with Gasteiger partial charge in [-0.05, 0) is 6.92 Å². The van der Waals surface area contributed by atoms with Crippen LogP contribution in [0.2, 0.25) is 0 Å². The van der Waals surface area contributed by atoms with Gasteiger partial charge in [0.2, 0.25) is 0 Å². The molecule has 0 bridgehead atoms. The molecular weight excluding hydrogens is 152 g/mol. The first-order valence-electron chi connectivity index (χ1n) is 3.07. The molecule has 5 nitrogen and oxygen atoms in total. The van der Waals surface area contributed by atoms with Crippen molar-refractivity contribution < 1.29 is 24.2 Å². The van der Waals surface area contributed by atoms with Gasteiger partial charge in [0.1, 0.15) is 18.6 Å². The molecule has 0 aromatic heterocycles. The zero-order valence-corrected chi connectivity index (χ0v) is 5.99. The molecule has 0 radical (unpaired) electrons. The molecule has 0 saturated carbocycles. The van der Waals surface area contributed by atoms with Gasteiger partial charge in [-0.15, -0.1) is 0 Å². The van der Waals surface area contributed by atoms with Gasteiger partial charge in [0.25, 0.3) is 0 Å². The Kier molecular flexibility index (Phi) is 1.72. The maximum absolute atomic E-state index is 10.5. The van der Waals surface area contributed by atoms with Crippen LogP contribution in [-0.4, -0.2) is 30.4 Å². The highest BCUT2D eigenvalue weighted by Crippen LogP contribution is 2.21. The molecule has 11 heavy (non-hydrogen) atoms. The van der Waals surface area contributed by atoms with Crippen molar-refractivity contribution >= 4 is 12.1 Å². The molecule has 62 valence electrons. The van der Waals surface area contributed by atoms with Crippen molar-refractivity contribution in [3.63, 3.8) is 0 Å². The Bertz CT molecular complexity index is 187.